The second kappa shape index (κ2) is 4.03. The van der Waals surface area contributed by atoms with Gasteiger partial charge in [0.05, 0.1) is 0 Å². The third-order valence-electron chi connectivity index (χ3n) is 0.327. The van der Waals surface area contributed by atoms with E-state index in [-0.39, 0.29) is 18.9 Å². The van der Waals surface area contributed by atoms with Gasteiger partial charge in [-0.15, -0.1) is 0 Å². The normalized spacial score (nSPS) is 10.3. The topological polar surface area (TPSA) is 0 Å². The molecule has 0 aliphatic carbocycles. The molecule has 0 aromatic carbocycles. The molecular formula is C4H10ClLiSi. The van der Waals surface area contributed by atoms with E-state index in [1.54, 1.807) is 5.50 Å². The molecular weight excluding hydrogens is 119 g/mol. The summed E-state index contributed by atoms with van der Waals surface area (Å²) in [5.74, 6) is 0. The molecule has 0 heterocycles. The van der Waals surface area contributed by atoms with Gasteiger partial charge < -0.3 is 11.6 Å². The van der Waals surface area contributed by atoms with E-state index in [1.165, 1.54) is 0 Å². The summed E-state index contributed by atoms with van der Waals surface area (Å²) in [7, 11) is -0.991. The van der Waals surface area contributed by atoms with E-state index in [9.17, 15) is 0 Å². The fourth-order valence-corrected chi connectivity index (χ4v) is 0. The second-order valence-corrected chi connectivity index (χ2v) is 8.08. The van der Waals surface area contributed by atoms with Crippen molar-refractivity contribution in [2.24, 2.45) is 0 Å². The first-order valence-electron chi connectivity index (χ1n) is 2.01. The van der Waals surface area contributed by atoms with E-state index in [1.807, 2.05) is 0 Å². The number of hydrogen-bond acceptors (Lipinski definition) is 0. The van der Waals surface area contributed by atoms with Crippen LogP contribution in [-0.2, 0) is 0 Å². The van der Waals surface area contributed by atoms with Gasteiger partial charge in [0.15, 0.2) is 0 Å². The standard InChI is InChI=1S/C4H10ClSi.Li/c1-6(2,3)4-5;/h4H,1-3H3;/q-1;+1. The Morgan fingerprint density at radius 1 is 1.29 bits per heavy atom. The molecule has 7 heavy (non-hydrogen) atoms. The van der Waals surface area contributed by atoms with Crippen LogP contribution < -0.4 is 18.9 Å². The van der Waals surface area contributed by atoms with Gasteiger partial charge in [0, 0.05) is 0 Å². The van der Waals surface area contributed by atoms with Gasteiger partial charge in [0.1, 0.15) is 0 Å². The Kier molecular flexibility index (Phi) is 6.32. The fourth-order valence-electron chi connectivity index (χ4n) is 0. The van der Waals surface area contributed by atoms with Crippen molar-refractivity contribution in [3.8, 4) is 0 Å². The van der Waals surface area contributed by atoms with E-state index in [0.717, 1.165) is 0 Å². The largest absolute Gasteiger partial charge is 1.00 e. The molecule has 0 rings (SSSR count). The van der Waals surface area contributed by atoms with Crippen LogP contribution in [0.3, 0.4) is 0 Å². The number of rotatable bonds is 1. The van der Waals surface area contributed by atoms with Crippen LogP contribution in [0.25, 0.3) is 0 Å². The van der Waals surface area contributed by atoms with E-state index < -0.39 is 8.07 Å². The van der Waals surface area contributed by atoms with Crippen LogP contribution in [-0.4, -0.2) is 8.07 Å². The maximum Gasteiger partial charge on any atom is 1.00 e. The summed E-state index contributed by atoms with van der Waals surface area (Å²) in [5, 5.41) is 0. The summed E-state index contributed by atoms with van der Waals surface area (Å²) in [6, 6.07) is 0. The minimum atomic E-state index is -0.991. The SMILES string of the molecule is C[Si](C)(C)[CH-]Cl.[Li+]. The van der Waals surface area contributed by atoms with E-state index >= 15 is 0 Å². The molecule has 0 saturated heterocycles. The van der Waals surface area contributed by atoms with E-state index in [0.29, 0.717) is 0 Å². The minimum absolute atomic E-state index is 0. The third-order valence-corrected chi connectivity index (χ3v) is 2.95. The summed E-state index contributed by atoms with van der Waals surface area (Å²) in [6.07, 6.45) is 0. The molecule has 0 spiro atoms. The summed E-state index contributed by atoms with van der Waals surface area (Å²) < 4.78 is 0. The Labute approximate surface area is 63.8 Å². The Hall–Kier alpha value is 1.10. The van der Waals surface area contributed by atoms with Crippen LogP contribution in [0.2, 0.25) is 19.6 Å². The van der Waals surface area contributed by atoms with Gasteiger partial charge in [-0.25, -0.2) is 5.50 Å². The molecule has 3 heteroatoms. The average molecular weight is 129 g/mol. The van der Waals surface area contributed by atoms with Crippen LogP contribution in [0.4, 0.5) is 0 Å². The molecule has 0 fully saturated rings. The third kappa shape index (κ3) is 11.0. The smallest absolute Gasteiger partial charge is 0.351 e. The van der Waals surface area contributed by atoms with Crippen molar-refractivity contribution in [2.75, 3.05) is 0 Å². The van der Waals surface area contributed by atoms with E-state index in [4.69, 9.17) is 11.6 Å². The Balaban J connectivity index is 0. The second-order valence-electron chi connectivity index (χ2n) is 2.48. The van der Waals surface area contributed by atoms with Gasteiger partial charge in [0.2, 0.25) is 0 Å². The number of halogens is 1. The molecule has 0 radical (unpaired) electrons. The molecule has 0 aliphatic rings. The molecule has 0 bridgehead atoms. The van der Waals surface area contributed by atoms with Gasteiger partial charge in [0.25, 0.3) is 0 Å². The molecule has 38 valence electrons. The van der Waals surface area contributed by atoms with Crippen molar-refractivity contribution in [1.29, 1.82) is 0 Å². The number of hydrogen-bond donors (Lipinski definition) is 0. The summed E-state index contributed by atoms with van der Waals surface area (Å²) >= 11 is 5.41. The molecule has 0 unspecified atom stereocenters. The molecule has 0 aromatic heterocycles. The zero-order valence-electron chi connectivity index (χ0n) is 5.46. The zero-order valence-corrected chi connectivity index (χ0v) is 7.21. The first-order valence-corrected chi connectivity index (χ1v) is 6.02. The average Bonchev–Trinajstić information content (AvgIpc) is 1.35. The molecule has 0 saturated carbocycles. The Bertz CT molecular complexity index is 41.4. The zero-order chi connectivity index (χ0) is 5.21. The van der Waals surface area contributed by atoms with Crippen LogP contribution in [0.1, 0.15) is 0 Å². The molecule has 0 aliphatic heterocycles. The minimum Gasteiger partial charge on any atom is -0.351 e. The Morgan fingerprint density at radius 2 is 1.43 bits per heavy atom. The maximum atomic E-state index is 5.41. The predicted octanol–water partition coefficient (Wildman–Crippen LogP) is -0.732. The quantitative estimate of drug-likeness (QED) is 0.323. The molecule has 0 nitrogen and oxygen atoms in total. The van der Waals surface area contributed by atoms with Crippen molar-refractivity contribution < 1.29 is 18.9 Å². The van der Waals surface area contributed by atoms with Crippen LogP contribution in [0.15, 0.2) is 0 Å². The van der Waals surface area contributed by atoms with Gasteiger partial charge in [-0.2, -0.15) is 0 Å². The predicted molar refractivity (Wildman–Crippen MR) is 33.5 cm³/mol. The monoisotopic (exact) mass is 128 g/mol. The van der Waals surface area contributed by atoms with Crippen LogP contribution in [0.5, 0.6) is 0 Å². The van der Waals surface area contributed by atoms with Gasteiger partial charge >= 0.3 is 18.9 Å². The first kappa shape index (κ1) is 11.0. The van der Waals surface area contributed by atoms with Crippen molar-refractivity contribution in [2.45, 2.75) is 19.6 Å². The van der Waals surface area contributed by atoms with Crippen molar-refractivity contribution in [1.82, 2.24) is 0 Å². The van der Waals surface area contributed by atoms with Crippen molar-refractivity contribution in [3.05, 3.63) is 5.50 Å². The summed E-state index contributed by atoms with van der Waals surface area (Å²) in [4.78, 5) is 0. The van der Waals surface area contributed by atoms with Gasteiger partial charge in [-0.1, -0.05) is 27.7 Å². The van der Waals surface area contributed by atoms with Crippen LogP contribution in [0, 0.1) is 5.50 Å². The molecule has 0 aromatic rings. The Morgan fingerprint density at radius 3 is 1.43 bits per heavy atom. The summed E-state index contributed by atoms with van der Waals surface area (Å²) in [5.41, 5.74) is 1.80. The molecule has 0 amide bonds. The van der Waals surface area contributed by atoms with Gasteiger partial charge in [-0.05, 0) is 0 Å². The molecule has 0 atom stereocenters. The first-order chi connectivity index (χ1) is 2.56. The van der Waals surface area contributed by atoms with Crippen LogP contribution >= 0.6 is 11.6 Å². The summed E-state index contributed by atoms with van der Waals surface area (Å²) in [6.45, 7) is 6.58. The van der Waals surface area contributed by atoms with Crippen molar-refractivity contribution in [3.63, 3.8) is 0 Å². The maximum absolute atomic E-state index is 5.41. The van der Waals surface area contributed by atoms with Crippen molar-refractivity contribution >= 4 is 19.7 Å². The molecule has 0 N–H and O–H groups in total. The fraction of sp³-hybridized carbons (Fsp3) is 0.750. The van der Waals surface area contributed by atoms with E-state index in [2.05, 4.69) is 19.6 Å². The van der Waals surface area contributed by atoms with Gasteiger partial charge in [-0.3, -0.25) is 0 Å².